The largest absolute Gasteiger partial charge is 0.366 e. The maximum Gasteiger partial charge on any atom is 0.318 e. The second-order valence-electron chi connectivity index (χ2n) is 11.1. The number of para-hydroxylation sites is 1. The molecular weight excluding hydrogens is 518 g/mol. The number of nitrogens with one attached hydrogen (secondary N) is 3. The third kappa shape index (κ3) is 5.21. The number of H-pyrrole nitrogens is 1. The van der Waals surface area contributed by atoms with Crippen molar-refractivity contribution in [2.45, 2.75) is 32.7 Å². The highest BCUT2D eigenvalue weighted by Gasteiger charge is 2.23. The Morgan fingerprint density at radius 1 is 1.05 bits per heavy atom. The molecule has 3 amide bonds. The summed E-state index contributed by atoms with van der Waals surface area (Å²) in [4.78, 5) is 43.3. The second-order valence-corrected chi connectivity index (χ2v) is 11.1. The maximum absolute atomic E-state index is 12.6. The van der Waals surface area contributed by atoms with E-state index in [1.807, 2.05) is 66.6 Å². The number of anilines is 2. The molecule has 11 nitrogen and oxygen atoms in total. The zero-order valence-corrected chi connectivity index (χ0v) is 23.1. The highest BCUT2D eigenvalue weighted by molar-refractivity contribution is 5.98. The Hall–Kier alpha value is -5.19. The van der Waals surface area contributed by atoms with E-state index < -0.39 is 5.91 Å². The highest BCUT2D eigenvalue weighted by atomic mass is 16.2. The molecule has 3 aromatic heterocycles. The average molecular weight is 550 g/mol. The molecule has 0 unspecified atom stereocenters. The number of aromatic amines is 1. The molecule has 5 N–H and O–H groups in total. The van der Waals surface area contributed by atoms with Crippen molar-refractivity contribution in [2.24, 2.45) is 5.73 Å². The molecule has 5 aromatic rings. The van der Waals surface area contributed by atoms with Crippen LogP contribution in [0.2, 0.25) is 0 Å². The van der Waals surface area contributed by atoms with E-state index in [2.05, 4.69) is 36.6 Å². The summed E-state index contributed by atoms with van der Waals surface area (Å²) in [5.41, 5.74) is 11.6. The summed E-state index contributed by atoms with van der Waals surface area (Å²) in [6, 6.07) is 15.0. The first kappa shape index (κ1) is 26.1. The minimum Gasteiger partial charge on any atom is -0.366 e. The number of primary amides is 1. The molecule has 0 fully saturated rings. The van der Waals surface area contributed by atoms with Crippen LogP contribution in [0.3, 0.4) is 0 Å². The van der Waals surface area contributed by atoms with E-state index in [0.717, 1.165) is 39.8 Å². The van der Waals surface area contributed by atoms with Gasteiger partial charge in [-0.05, 0) is 69.2 Å². The number of fused-ring (bicyclic) bond motifs is 2. The average Bonchev–Trinajstić information content (AvgIpc) is 3.57. The number of carbonyl (C=O) groups is 2. The van der Waals surface area contributed by atoms with Gasteiger partial charge in [0, 0.05) is 30.0 Å². The number of nitrogens with two attached hydrogens (primary N) is 1. The Morgan fingerprint density at radius 3 is 2.63 bits per heavy atom. The van der Waals surface area contributed by atoms with Gasteiger partial charge < -0.3 is 26.3 Å². The van der Waals surface area contributed by atoms with Crippen molar-refractivity contribution in [3.63, 3.8) is 0 Å². The Labute approximate surface area is 236 Å². The van der Waals surface area contributed by atoms with Crippen LogP contribution in [0, 0.1) is 0 Å². The SMILES string of the molecule is CC(C)(C)NC(=O)N1CC=C(c2cc3c(Nc4ccc5ncn(-c6ccccc6C(N)=O)c5c4)ncnc3[nH]2)CC1. The standard InChI is InChI=1S/C30H31N9O2/c1-30(2,3)37-29(41)38-12-10-18(11-13-38)23-15-21-27(32-16-33-28(21)36-23)35-19-8-9-22-25(14-19)39(17-34-22)24-7-5-4-6-20(24)26(31)40/h4-10,14-17H,11-13H2,1-3H3,(H2,31,40)(H,37,41)(H2,32,33,35,36). The van der Waals surface area contributed by atoms with Gasteiger partial charge in [0.15, 0.2) is 0 Å². The van der Waals surface area contributed by atoms with Crippen molar-refractivity contribution in [3.05, 3.63) is 78.5 Å². The molecular formula is C30H31N9O2. The Morgan fingerprint density at radius 2 is 1.88 bits per heavy atom. The van der Waals surface area contributed by atoms with E-state index in [4.69, 9.17) is 5.73 Å². The molecule has 4 heterocycles. The number of imidazole rings is 1. The van der Waals surface area contributed by atoms with Gasteiger partial charge in [-0.25, -0.2) is 19.7 Å². The molecule has 1 aliphatic heterocycles. The fraction of sp³-hybridized carbons (Fsp3) is 0.233. The van der Waals surface area contributed by atoms with E-state index in [-0.39, 0.29) is 11.6 Å². The molecule has 0 aliphatic carbocycles. The van der Waals surface area contributed by atoms with Crippen molar-refractivity contribution in [1.29, 1.82) is 0 Å². The summed E-state index contributed by atoms with van der Waals surface area (Å²) < 4.78 is 1.85. The van der Waals surface area contributed by atoms with Gasteiger partial charge in [-0.15, -0.1) is 0 Å². The predicted octanol–water partition coefficient (Wildman–Crippen LogP) is 4.74. The van der Waals surface area contributed by atoms with Gasteiger partial charge in [0.1, 0.15) is 24.1 Å². The lowest BCUT2D eigenvalue weighted by atomic mass is 10.0. The van der Waals surface area contributed by atoms with E-state index in [9.17, 15) is 9.59 Å². The smallest absolute Gasteiger partial charge is 0.318 e. The van der Waals surface area contributed by atoms with Gasteiger partial charge in [0.25, 0.3) is 5.91 Å². The molecule has 41 heavy (non-hydrogen) atoms. The predicted molar refractivity (Wildman–Crippen MR) is 159 cm³/mol. The molecule has 0 radical (unpaired) electrons. The van der Waals surface area contributed by atoms with Gasteiger partial charge in [-0.2, -0.15) is 0 Å². The zero-order chi connectivity index (χ0) is 28.7. The second kappa shape index (κ2) is 10.1. The van der Waals surface area contributed by atoms with Crippen molar-refractivity contribution >= 4 is 51.1 Å². The molecule has 1 aliphatic rings. The molecule has 0 saturated heterocycles. The van der Waals surface area contributed by atoms with Crippen molar-refractivity contribution in [3.8, 4) is 5.69 Å². The molecule has 0 bridgehead atoms. The third-order valence-electron chi connectivity index (χ3n) is 6.99. The number of nitrogens with zero attached hydrogens (tertiary/aromatic N) is 5. The van der Waals surface area contributed by atoms with Crippen LogP contribution in [-0.4, -0.2) is 60.0 Å². The minimum atomic E-state index is -0.502. The molecule has 6 rings (SSSR count). The van der Waals surface area contributed by atoms with Crippen LogP contribution in [0.1, 0.15) is 43.2 Å². The number of amides is 3. The van der Waals surface area contributed by atoms with Gasteiger partial charge in [-0.3, -0.25) is 9.36 Å². The number of hydrogen-bond acceptors (Lipinski definition) is 6. The fourth-order valence-corrected chi connectivity index (χ4v) is 5.02. The summed E-state index contributed by atoms with van der Waals surface area (Å²) >= 11 is 0. The maximum atomic E-state index is 12.6. The summed E-state index contributed by atoms with van der Waals surface area (Å²) in [6.07, 6.45) is 6.01. The molecule has 0 saturated carbocycles. The third-order valence-corrected chi connectivity index (χ3v) is 6.99. The Kier molecular flexibility index (Phi) is 6.41. The molecule has 0 spiro atoms. The molecule has 208 valence electrons. The van der Waals surface area contributed by atoms with E-state index >= 15 is 0 Å². The van der Waals surface area contributed by atoms with E-state index in [1.165, 1.54) is 6.33 Å². The number of urea groups is 1. The van der Waals surface area contributed by atoms with Gasteiger partial charge in [-0.1, -0.05) is 18.2 Å². The van der Waals surface area contributed by atoms with Crippen LogP contribution in [0.15, 0.2) is 67.3 Å². The first-order chi connectivity index (χ1) is 19.7. The van der Waals surface area contributed by atoms with Crippen molar-refractivity contribution in [2.75, 3.05) is 18.4 Å². The van der Waals surface area contributed by atoms with Crippen LogP contribution in [0.25, 0.3) is 33.3 Å². The Balaban J connectivity index is 1.27. The van der Waals surface area contributed by atoms with Crippen LogP contribution in [-0.2, 0) is 0 Å². The van der Waals surface area contributed by atoms with E-state index in [1.54, 1.807) is 18.5 Å². The molecule has 2 aromatic carbocycles. The lowest BCUT2D eigenvalue weighted by Crippen LogP contribution is -2.49. The monoisotopic (exact) mass is 549 g/mol. The van der Waals surface area contributed by atoms with E-state index in [0.29, 0.717) is 35.8 Å². The number of aromatic nitrogens is 5. The minimum absolute atomic E-state index is 0.0572. The summed E-state index contributed by atoms with van der Waals surface area (Å²) in [5.74, 6) is 0.153. The first-order valence-corrected chi connectivity index (χ1v) is 13.4. The summed E-state index contributed by atoms with van der Waals surface area (Å²) in [5, 5.41) is 7.29. The number of rotatable bonds is 5. The van der Waals surface area contributed by atoms with Gasteiger partial charge in [0.05, 0.1) is 27.7 Å². The summed E-state index contributed by atoms with van der Waals surface area (Å²) in [7, 11) is 0. The zero-order valence-electron chi connectivity index (χ0n) is 23.1. The molecule has 0 atom stereocenters. The van der Waals surface area contributed by atoms with Crippen molar-refractivity contribution < 1.29 is 9.59 Å². The van der Waals surface area contributed by atoms with Crippen LogP contribution in [0.4, 0.5) is 16.3 Å². The lowest BCUT2D eigenvalue weighted by molar-refractivity contribution is 0.1000. The highest BCUT2D eigenvalue weighted by Crippen LogP contribution is 2.30. The molecule has 11 heteroatoms. The van der Waals surface area contributed by atoms with Gasteiger partial charge in [0.2, 0.25) is 0 Å². The number of carbonyl (C=O) groups excluding carboxylic acids is 2. The normalized spacial score (nSPS) is 13.8. The quantitative estimate of drug-likeness (QED) is 0.249. The topological polar surface area (TPSA) is 147 Å². The number of hydrogen-bond donors (Lipinski definition) is 4. The van der Waals surface area contributed by atoms with Crippen LogP contribution < -0.4 is 16.4 Å². The first-order valence-electron chi connectivity index (χ1n) is 13.4. The van der Waals surface area contributed by atoms with Crippen molar-refractivity contribution in [1.82, 2.24) is 34.7 Å². The lowest BCUT2D eigenvalue weighted by Gasteiger charge is -2.30. The van der Waals surface area contributed by atoms with Crippen LogP contribution >= 0.6 is 0 Å². The summed E-state index contributed by atoms with van der Waals surface area (Å²) in [6.45, 7) is 7.09. The fourth-order valence-electron chi connectivity index (χ4n) is 5.02. The van der Waals surface area contributed by atoms with Gasteiger partial charge >= 0.3 is 6.03 Å². The Bertz CT molecular complexity index is 1830. The van der Waals surface area contributed by atoms with Crippen LogP contribution in [0.5, 0.6) is 0 Å². The number of benzene rings is 2.